The molecule has 1 unspecified atom stereocenters. The van der Waals surface area contributed by atoms with Crippen LogP contribution in [0, 0.1) is 13.8 Å². The van der Waals surface area contributed by atoms with E-state index < -0.39 is 10.0 Å². The van der Waals surface area contributed by atoms with Gasteiger partial charge < -0.3 is 10.1 Å². The first-order valence-corrected chi connectivity index (χ1v) is 8.26. The Balaban J connectivity index is 2.18. The van der Waals surface area contributed by atoms with Gasteiger partial charge in [0.2, 0.25) is 15.9 Å². The Kier molecular flexibility index (Phi) is 4.53. The van der Waals surface area contributed by atoms with Gasteiger partial charge in [-0.2, -0.15) is 0 Å². The van der Waals surface area contributed by atoms with Crippen LogP contribution in [-0.4, -0.2) is 34.0 Å². The van der Waals surface area contributed by atoms with Crippen LogP contribution in [0.25, 0.3) is 0 Å². The molecule has 1 aromatic rings. The lowest BCUT2D eigenvalue weighted by Gasteiger charge is -2.15. The zero-order valence-corrected chi connectivity index (χ0v) is 13.2. The van der Waals surface area contributed by atoms with E-state index in [0.717, 1.165) is 0 Å². The Labute approximate surface area is 124 Å². The minimum absolute atomic E-state index is 0.0315. The number of benzene rings is 1. The van der Waals surface area contributed by atoms with Gasteiger partial charge in [-0.25, -0.2) is 13.1 Å². The molecular formula is C14H20N2O4S. The van der Waals surface area contributed by atoms with Crippen LogP contribution in [0.3, 0.4) is 0 Å². The van der Waals surface area contributed by atoms with Gasteiger partial charge in [-0.05, 0) is 43.5 Å². The average molecular weight is 312 g/mol. The molecule has 1 amide bonds. The zero-order valence-electron chi connectivity index (χ0n) is 12.4. The van der Waals surface area contributed by atoms with Crippen molar-refractivity contribution < 1.29 is 17.9 Å². The van der Waals surface area contributed by atoms with E-state index in [-0.39, 0.29) is 23.4 Å². The Morgan fingerprint density at radius 1 is 1.33 bits per heavy atom. The van der Waals surface area contributed by atoms with Crippen molar-refractivity contribution in [2.75, 3.05) is 13.7 Å². The molecule has 0 bridgehead atoms. The fraction of sp³-hybridized carbons (Fsp3) is 0.500. The number of hydrogen-bond acceptors (Lipinski definition) is 4. The van der Waals surface area contributed by atoms with Crippen molar-refractivity contribution in [1.29, 1.82) is 0 Å². The van der Waals surface area contributed by atoms with Gasteiger partial charge in [0.15, 0.2) is 0 Å². The molecule has 2 rings (SSSR count). The number of carbonyl (C=O) groups excluding carboxylic acids is 1. The van der Waals surface area contributed by atoms with Crippen molar-refractivity contribution in [3.05, 3.63) is 23.3 Å². The molecule has 1 aliphatic heterocycles. The second-order valence-electron chi connectivity index (χ2n) is 5.25. The average Bonchev–Trinajstić information content (AvgIpc) is 2.81. The highest BCUT2D eigenvalue weighted by molar-refractivity contribution is 7.89. The number of rotatable bonds is 5. The zero-order chi connectivity index (χ0) is 15.6. The molecule has 1 heterocycles. The summed E-state index contributed by atoms with van der Waals surface area (Å²) in [6, 6.07) is 3.25. The monoisotopic (exact) mass is 312 g/mol. The molecule has 0 aromatic heterocycles. The van der Waals surface area contributed by atoms with Gasteiger partial charge in [0.1, 0.15) is 5.75 Å². The fourth-order valence-electron chi connectivity index (χ4n) is 2.57. The molecule has 1 atom stereocenters. The number of sulfonamides is 1. The third-order valence-corrected chi connectivity index (χ3v) is 5.27. The minimum atomic E-state index is -3.61. The Morgan fingerprint density at radius 2 is 1.95 bits per heavy atom. The van der Waals surface area contributed by atoms with E-state index in [1.807, 2.05) is 0 Å². The summed E-state index contributed by atoms with van der Waals surface area (Å²) in [6.45, 7) is 3.68. The molecule has 116 valence electrons. The number of carbonyl (C=O) groups is 1. The van der Waals surface area contributed by atoms with Gasteiger partial charge in [0, 0.05) is 19.0 Å². The molecule has 7 heteroatoms. The molecule has 1 aromatic carbocycles. The maximum absolute atomic E-state index is 12.4. The largest absolute Gasteiger partial charge is 0.497 e. The highest BCUT2D eigenvalue weighted by atomic mass is 32.2. The number of amides is 1. The Bertz CT molecular complexity index is 632. The molecule has 6 nitrogen and oxygen atoms in total. The second-order valence-corrected chi connectivity index (χ2v) is 6.95. The lowest BCUT2D eigenvalue weighted by Crippen LogP contribution is -2.38. The quantitative estimate of drug-likeness (QED) is 0.845. The van der Waals surface area contributed by atoms with Crippen LogP contribution in [0.5, 0.6) is 5.75 Å². The van der Waals surface area contributed by atoms with E-state index in [4.69, 9.17) is 4.74 Å². The van der Waals surface area contributed by atoms with Crippen LogP contribution in [0.4, 0.5) is 0 Å². The summed E-state index contributed by atoms with van der Waals surface area (Å²) in [7, 11) is -2.06. The summed E-state index contributed by atoms with van der Waals surface area (Å²) < 4.78 is 32.6. The SMILES string of the molecule is COc1cc(C)c(S(=O)(=O)NCC2CCC(=O)N2)c(C)c1. The molecule has 0 aliphatic carbocycles. The predicted molar refractivity (Wildman–Crippen MR) is 78.8 cm³/mol. The molecular weight excluding hydrogens is 292 g/mol. The molecule has 2 N–H and O–H groups in total. The van der Waals surface area contributed by atoms with Crippen LogP contribution in [0.2, 0.25) is 0 Å². The van der Waals surface area contributed by atoms with Gasteiger partial charge in [0.25, 0.3) is 0 Å². The maximum atomic E-state index is 12.4. The molecule has 21 heavy (non-hydrogen) atoms. The number of nitrogens with one attached hydrogen (secondary N) is 2. The van der Waals surface area contributed by atoms with Crippen LogP contribution < -0.4 is 14.8 Å². The van der Waals surface area contributed by atoms with Crippen molar-refractivity contribution >= 4 is 15.9 Å². The summed E-state index contributed by atoms with van der Waals surface area (Å²) in [6.07, 6.45) is 1.11. The number of aryl methyl sites for hydroxylation is 2. The molecule has 1 saturated heterocycles. The standard InChI is InChI=1S/C14H20N2O4S/c1-9-6-12(20-3)7-10(2)14(9)21(18,19)15-8-11-4-5-13(17)16-11/h6-7,11,15H,4-5,8H2,1-3H3,(H,16,17). The first kappa shape index (κ1) is 15.8. The van der Waals surface area contributed by atoms with Crippen LogP contribution >= 0.6 is 0 Å². The van der Waals surface area contributed by atoms with E-state index >= 15 is 0 Å². The number of methoxy groups -OCH3 is 1. The number of ether oxygens (including phenoxy) is 1. The summed E-state index contributed by atoms with van der Waals surface area (Å²) in [5.74, 6) is 0.600. The van der Waals surface area contributed by atoms with Gasteiger partial charge >= 0.3 is 0 Å². The summed E-state index contributed by atoms with van der Waals surface area (Å²) in [5, 5.41) is 2.74. The van der Waals surface area contributed by atoms with Crippen molar-refractivity contribution in [2.24, 2.45) is 0 Å². The third-order valence-electron chi connectivity index (χ3n) is 3.54. The van der Waals surface area contributed by atoms with E-state index in [0.29, 0.717) is 29.7 Å². The summed E-state index contributed by atoms with van der Waals surface area (Å²) in [5.41, 5.74) is 1.27. The first-order valence-electron chi connectivity index (χ1n) is 6.78. The molecule has 0 saturated carbocycles. The molecule has 1 fully saturated rings. The van der Waals surface area contributed by atoms with Gasteiger partial charge in [0.05, 0.1) is 12.0 Å². The van der Waals surface area contributed by atoms with Crippen LogP contribution in [-0.2, 0) is 14.8 Å². The lowest BCUT2D eigenvalue weighted by atomic mass is 10.1. The van der Waals surface area contributed by atoms with Crippen molar-refractivity contribution in [1.82, 2.24) is 10.0 Å². The highest BCUT2D eigenvalue weighted by Crippen LogP contribution is 2.25. The second kappa shape index (κ2) is 6.03. The van der Waals surface area contributed by atoms with Gasteiger partial charge in [-0.15, -0.1) is 0 Å². The van der Waals surface area contributed by atoms with E-state index in [2.05, 4.69) is 10.0 Å². The maximum Gasteiger partial charge on any atom is 0.241 e. The van der Waals surface area contributed by atoms with Crippen molar-refractivity contribution in [3.63, 3.8) is 0 Å². The Hall–Kier alpha value is -1.60. The molecule has 1 aliphatic rings. The van der Waals surface area contributed by atoms with E-state index in [9.17, 15) is 13.2 Å². The lowest BCUT2D eigenvalue weighted by molar-refractivity contribution is -0.119. The Morgan fingerprint density at radius 3 is 2.43 bits per heavy atom. The fourth-order valence-corrected chi connectivity index (χ4v) is 4.10. The normalized spacial score (nSPS) is 18.6. The smallest absolute Gasteiger partial charge is 0.241 e. The summed E-state index contributed by atoms with van der Waals surface area (Å²) >= 11 is 0. The van der Waals surface area contributed by atoms with Gasteiger partial charge in [-0.3, -0.25) is 4.79 Å². The predicted octanol–water partition coefficient (Wildman–Crippen LogP) is 0.869. The van der Waals surface area contributed by atoms with Crippen molar-refractivity contribution in [2.45, 2.75) is 37.6 Å². The van der Waals surface area contributed by atoms with E-state index in [1.165, 1.54) is 0 Å². The third kappa shape index (κ3) is 3.54. The molecule has 0 spiro atoms. The number of hydrogen-bond donors (Lipinski definition) is 2. The minimum Gasteiger partial charge on any atom is -0.497 e. The van der Waals surface area contributed by atoms with Crippen LogP contribution in [0.15, 0.2) is 17.0 Å². The van der Waals surface area contributed by atoms with Crippen LogP contribution in [0.1, 0.15) is 24.0 Å². The van der Waals surface area contributed by atoms with Crippen molar-refractivity contribution in [3.8, 4) is 5.75 Å². The topological polar surface area (TPSA) is 84.5 Å². The molecule has 0 radical (unpaired) electrons. The highest BCUT2D eigenvalue weighted by Gasteiger charge is 2.25. The van der Waals surface area contributed by atoms with Gasteiger partial charge in [-0.1, -0.05) is 0 Å². The summed E-state index contributed by atoms with van der Waals surface area (Å²) in [4.78, 5) is 11.4. The van der Waals surface area contributed by atoms with E-state index in [1.54, 1.807) is 33.1 Å². The first-order chi connectivity index (χ1) is 9.83.